The van der Waals surface area contributed by atoms with Gasteiger partial charge in [-0.05, 0) is 42.3 Å². The predicted octanol–water partition coefficient (Wildman–Crippen LogP) is 4.34. The Bertz CT molecular complexity index is 936. The Morgan fingerprint density at radius 2 is 1.70 bits per heavy atom. The molecular formula is C19H23NO2Si. The van der Waals surface area contributed by atoms with Crippen molar-refractivity contribution in [2.75, 3.05) is 0 Å². The molecule has 0 atom stereocenters. The molecule has 3 rings (SSSR count). The van der Waals surface area contributed by atoms with Crippen LogP contribution >= 0.6 is 0 Å². The van der Waals surface area contributed by atoms with Crippen molar-refractivity contribution in [3.05, 3.63) is 52.2 Å². The summed E-state index contributed by atoms with van der Waals surface area (Å²) < 4.78 is 6.23. The van der Waals surface area contributed by atoms with Crippen LogP contribution in [0.3, 0.4) is 0 Å². The second-order valence-corrected chi connectivity index (χ2v) is 9.61. The maximum atomic E-state index is 13.1. The van der Waals surface area contributed by atoms with Crippen LogP contribution in [0.1, 0.15) is 26.3 Å². The summed E-state index contributed by atoms with van der Waals surface area (Å²) in [7, 11) is -1.34. The van der Waals surface area contributed by atoms with E-state index in [2.05, 4.69) is 44.9 Å². The van der Waals surface area contributed by atoms with Crippen molar-refractivity contribution in [3.63, 3.8) is 0 Å². The highest BCUT2D eigenvalue weighted by molar-refractivity contribution is 6.49. The monoisotopic (exact) mass is 325 g/mol. The average Bonchev–Trinajstić information content (AvgIpc) is 2.45. The molecule has 23 heavy (non-hydrogen) atoms. The van der Waals surface area contributed by atoms with Crippen molar-refractivity contribution in [1.82, 2.24) is 4.98 Å². The van der Waals surface area contributed by atoms with Crippen molar-refractivity contribution < 1.29 is 4.43 Å². The van der Waals surface area contributed by atoms with Crippen LogP contribution in [0.5, 0.6) is 5.75 Å². The summed E-state index contributed by atoms with van der Waals surface area (Å²) in [5.41, 5.74) is 2.76. The highest BCUT2D eigenvalue weighted by atomic mass is 28.3. The third-order valence-corrected chi connectivity index (χ3v) is 4.69. The van der Waals surface area contributed by atoms with Gasteiger partial charge in [-0.3, -0.25) is 4.79 Å². The number of aromatic nitrogens is 1. The number of rotatable bonds is 2. The van der Waals surface area contributed by atoms with Gasteiger partial charge in [-0.15, -0.1) is 0 Å². The molecule has 3 nitrogen and oxygen atoms in total. The molecule has 0 bridgehead atoms. The minimum absolute atomic E-state index is 0.0464. The molecule has 0 radical (unpaired) electrons. The third-order valence-electron chi connectivity index (χ3n) is 3.99. The Morgan fingerprint density at radius 3 is 2.35 bits per heavy atom. The van der Waals surface area contributed by atoms with E-state index < -0.39 is 9.04 Å². The molecule has 120 valence electrons. The predicted molar refractivity (Wildman–Crippen MR) is 100 cm³/mol. The summed E-state index contributed by atoms with van der Waals surface area (Å²) in [6, 6.07) is 11.7. The summed E-state index contributed by atoms with van der Waals surface area (Å²) in [4.78, 5) is 16.5. The van der Waals surface area contributed by atoms with E-state index in [4.69, 9.17) is 4.43 Å². The third kappa shape index (κ3) is 2.79. The van der Waals surface area contributed by atoms with Crippen LogP contribution in [0, 0.1) is 0 Å². The molecule has 0 amide bonds. The van der Waals surface area contributed by atoms with Gasteiger partial charge in [0.05, 0.1) is 10.9 Å². The summed E-state index contributed by atoms with van der Waals surface area (Å²) in [6.45, 7) is 10.7. The Kier molecular flexibility index (Phi) is 3.80. The fourth-order valence-corrected chi connectivity index (χ4v) is 3.65. The second-order valence-electron chi connectivity index (χ2n) is 7.28. The zero-order valence-electron chi connectivity index (χ0n) is 14.4. The van der Waals surface area contributed by atoms with Crippen LogP contribution < -0.4 is 9.85 Å². The highest BCUT2D eigenvalue weighted by Crippen LogP contribution is 2.36. The Labute approximate surface area is 138 Å². The number of aromatic amines is 1. The molecule has 2 aromatic carbocycles. The topological polar surface area (TPSA) is 42.1 Å². The molecule has 0 saturated heterocycles. The lowest BCUT2D eigenvalue weighted by molar-refractivity contribution is 0.525. The largest absolute Gasteiger partial charge is 0.546 e. The number of pyridine rings is 1. The maximum absolute atomic E-state index is 13.1. The van der Waals surface area contributed by atoms with Crippen LogP contribution in [0.15, 0.2) is 41.2 Å². The van der Waals surface area contributed by atoms with Crippen LogP contribution in [0.25, 0.3) is 21.8 Å². The molecule has 0 unspecified atom stereocenters. The van der Waals surface area contributed by atoms with Gasteiger partial charge in [-0.1, -0.05) is 39.0 Å². The number of benzene rings is 2. The molecule has 1 heterocycles. The van der Waals surface area contributed by atoms with E-state index in [1.165, 1.54) is 0 Å². The SMILES string of the molecule is C[SiH](C)Oc1c(C(C)(C)C)ccc2[nH]c3ccccc3c(=O)c12. The number of nitrogens with one attached hydrogen (secondary N) is 1. The fraction of sp³-hybridized carbons (Fsp3) is 0.316. The average molecular weight is 325 g/mol. The van der Waals surface area contributed by atoms with Gasteiger partial charge in [0, 0.05) is 10.9 Å². The Hall–Kier alpha value is -2.07. The molecule has 1 aromatic heterocycles. The Morgan fingerprint density at radius 1 is 1.00 bits per heavy atom. The van der Waals surface area contributed by atoms with Crippen molar-refractivity contribution in [2.24, 2.45) is 0 Å². The number of fused-ring (bicyclic) bond motifs is 2. The normalized spacial score (nSPS) is 12.3. The van der Waals surface area contributed by atoms with Crippen molar-refractivity contribution >= 4 is 30.8 Å². The standard InChI is InChI=1S/C19H23NO2Si/c1-19(2,3)13-10-11-15-16(18(13)22-23(4)5)17(21)12-8-6-7-9-14(12)20-15/h6-11,23H,1-5H3,(H,20,21). The number of hydrogen-bond donors (Lipinski definition) is 1. The van der Waals surface area contributed by atoms with E-state index in [0.717, 1.165) is 22.3 Å². The number of H-pyrrole nitrogens is 1. The van der Waals surface area contributed by atoms with Crippen LogP contribution in [-0.4, -0.2) is 14.0 Å². The van der Waals surface area contributed by atoms with E-state index in [1.807, 2.05) is 30.3 Å². The lowest BCUT2D eigenvalue weighted by Crippen LogP contribution is -2.20. The van der Waals surface area contributed by atoms with Gasteiger partial charge in [0.15, 0.2) is 0 Å². The molecule has 0 saturated carbocycles. The maximum Gasteiger partial charge on any atom is 0.229 e. The van der Waals surface area contributed by atoms with Gasteiger partial charge >= 0.3 is 0 Å². The van der Waals surface area contributed by atoms with Gasteiger partial charge in [0.1, 0.15) is 5.75 Å². The molecular weight excluding hydrogens is 302 g/mol. The molecule has 0 aliphatic rings. The summed E-state index contributed by atoms with van der Waals surface area (Å²) in [5.74, 6) is 0.767. The van der Waals surface area contributed by atoms with Gasteiger partial charge < -0.3 is 9.41 Å². The van der Waals surface area contributed by atoms with Gasteiger partial charge in [-0.25, -0.2) is 0 Å². The summed E-state index contributed by atoms with van der Waals surface area (Å²) >= 11 is 0. The lowest BCUT2D eigenvalue weighted by Gasteiger charge is -2.25. The summed E-state index contributed by atoms with van der Waals surface area (Å²) in [5, 5.41) is 1.39. The zero-order valence-corrected chi connectivity index (χ0v) is 15.5. The molecule has 0 aliphatic carbocycles. The highest BCUT2D eigenvalue weighted by Gasteiger charge is 2.23. The molecule has 3 aromatic rings. The first-order valence-corrected chi connectivity index (χ1v) is 10.8. The minimum Gasteiger partial charge on any atom is -0.546 e. The van der Waals surface area contributed by atoms with Crippen molar-refractivity contribution in [3.8, 4) is 5.75 Å². The fourth-order valence-electron chi connectivity index (χ4n) is 2.93. The van der Waals surface area contributed by atoms with E-state index in [-0.39, 0.29) is 10.8 Å². The molecule has 0 fully saturated rings. The molecule has 0 spiro atoms. The van der Waals surface area contributed by atoms with Gasteiger partial charge in [0.25, 0.3) is 0 Å². The number of para-hydroxylation sites is 1. The van der Waals surface area contributed by atoms with E-state index in [1.54, 1.807) is 0 Å². The van der Waals surface area contributed by atoms with Crippen LogP contribution in [-0.2, 0) is 5.41 Å². The van der Waals surface area contributed by atoms with E-state index in [0.29, 0.717) is 10.8 Å². The van der Waals surface area contributed by atoms with Crippen LogP contribution in [0.2, 0.25) is 13.1 Å². The first-order valence-electron chi connectivity index (χ1n) is 8.04. The first kappa shape index (κ1) is 15.8. The second kappa shape index (κ2) is 5.53. The minimum atomic E-state index is -1.34. The smallest absolute Gasteiger partial charge is 0.229 e. The van der Waals surface area contributed by atoms with E-state index in [9.17, 15) is 4.79 Å². The lowest BCUT2D eigenvalue weighted by atomic mass is 9.85. The zero-order chi connectivity index (χ0) is 16.8. The molecule has 1 N–H and O–H groups in total. The summed E-state index contributed by atoms with van der Waals surface area (Å²) in [6.07, 6.45) is 0. The Balaban J connectivity index is 2.48. The van der Waals surface area contributed by atoms with Crippen LogP contribution in [0.4, 0.5) is 0 Å². The molecule has 4 heteroatoms. The van der Waals surface area contributed by atoms with Crippen molar-refractivity contribution in [1.29, 1.82) is 0 Å². The van der Waals surface area contributed by atoms with E-state index >= 15 is 0 Å². The first-order chi connectivity index (χ1) is 10.8. The quantitative estimate of drug-likeness (QED) is 0.562. The molecule has 0 aliphatic heterocycles. The van der Waals surface area contributed by atoms with Gasteiger partial charge in [-0.2, -0.15) is 0 Å². The number of hydrogen-bond acceptors (Lipinski definition) is 2. The van der Waals surface area contributed by atoms with Gasteiger partial charge in [0.2, 0.25) is 14.5 Å². The van der Waals surface area contributed by atoms with Crippen molar-refractivity contribution in [2.45, 2.75) is 39.3 Å².